The molecule has 18 heavy (non-hydrogen) atoms. The molecule has 0 atom stereocenters. The maximum atomic E-state index is 11.6. The first-order valence-corrected chi connectivity index (χ1v) is 5.35. The summed E-state index contributed by atoms with van der Waals surface area (Å²) < 4.78 is 0. The van der Waals surface area contributed by atoms with E-state index in [9.17, 15) is 9.59 Å². The highest BCUT2D eigenvalue weighted by Gasteiger charge is 2.09. The van der Waals surface area contributed by atoms with Gasteiger partial charge in [-0.3, -0.25) is 9.59 Å². The number of hydrogen-bond acceptors (Lipinski definition) is 4. The number of carbonyl (C=O) groups excluding carboxylic acids is 2. The van der Waals surface area contributed by atoms with E-state index >= 15 is 0 Å². The zero-order valence-corrected chi connectivity index (χ0v) is 10.2. The zero-order valence-electron chi connectivity index (χ0n) is 10.2. The Labute approximate surface area is 105 Å². The van der Waals surface area contributed by atoms with Crippen LogP contribution in [-0.2, 0) is 0 Å². The van der Waals surface area contributed by atoms with Crippen molar-refractivity contribution in [1.82, 2.24) is 10.9 Å². The van der Waals surface area contributed by atoms with E-state index in [1.807, 2.05) is 0 Å². The number of carbonyl (C=O) groups is 2. The molecule has 0 radical (unpaired) electrons. The maximum Gasteiger partial charge on any atom is 0.271 e. The Balaban J connectivity index is 2.85. The lowest BCUT2D eigenvalue weighted by molar-refractivity contribution is 0.0954. The first-order chi connectivity index (χ1) is 8.69. The highest BCUT2D eigenvalue weighted by atomic mass is 16.2. The number of hydrogen-bond donors (Lipinski definition) is 2. The third-order valence-electron chi connectivity index (χ3n) is 1.98. The lowest BCUT2D eigenvalue weighted by atomic mass is 10.1. The Morgan fingerprint density at radius 1 is 1.00 bits per heavy atom. The van der Waals surface area contributed by atoms with Gasteiger partial charge in [0.25, 0.3) is 11.8 Å². The van der Waals surface area contributed by atoms with E-state index in [1.165, 1.54) is 18.5 Å². The van der Waals surface area contributed by atoms with Crippen molar-refractivity contribution in [2.45, 2.75) is 13.8 Å². The van der Waals surface area contributed by atoms with Crippen LogP contribution in [0.2, 0.25) is 0 Å². The average molecular weight is 246 g/mol. The van der Waals surface area contributed by atoms with Gasteiger partial charge in [0.2, 0.25) is 0 Å². The third kappa shape index (κ3) is 3.82. The molecule has 0 bridgehead atoms. The Bertz CT molecular complexity index is 453. The third-order valence-corrected chi connectivity index (χ3v) is 1.98. The summed E-state index contributed by atoms with van der Waals surface area (Å²) in [6.45, 7) is 3.37. The Hall–Kier alpha value is -2.50. The second-order valence-electron chi connectivity index (χ2n) is 3.24. The molecule has 2 N–H and O–H groups in total. The van der Waals surface area contributed by atoms with Crippen LogP contribution in [0.5, 0.6) is 0 Å². The summed E-state index contributed by atoms with van der Waals surface area (Å²) in [7, 11) is 0. The topological polar surface area (TPSA) is 82.9 Å². The summed E-state index contributed by atoms with van der Waals surface area (Å²) in [6, 6.07) is 6.29. The fraction of sp³-hybridized carbons (Fsp3) is 0.167. The van der Waals surface area contributed by atoms with Crippen LogP contribution in [0.15, 0.2) is 34.5 Å². The van der Waals surface area contributed by atoms with Crippen LogP contribution in [0, 0.1) is 0 Å². The van der Waals surface area contributed by atoms with Gasteiger partial charge in [0.15, 0.2) is 0 Å². The van der Waals surface area contributed by atoms with E-state index in [0.717, 1.165) is 0 Å². The number of amides is 2. The lowest BCUT2D eigenvalue weighted by Crippen LogP contribution is -2.20. The minimum atomic E-state index is -0.373. The SMILES string of the molecule is C/C=N/NC(=O)c1cccc(C(=O)N/N=C/C)c1. The molecule has 0 saturated heterocycles. The molecular formula is C12H14N4O2. The van der Waals surface area contributed by atoms with Crippen LogP contribution >= 0.6 is 0 Å². The molecule has 0 heterocycles. The fourth-order valence-electron chi connectivity index (χ4n) is 1.18. The first kappa shape index (κ1) is 13.6. The molecule has 0 unspecified atom stereocenters. The minimum absolute atomic E-state index is 0.355. The van der Waals surface area contributed by atoms with Crippen LogP contribution in [-0.4, -0.2) is 24.2 Å². The number of benzene rings is 1. The van der Waals surface area contributed by atoms with Gasteiger partial charge in [-0.05, 0) is 32.0 Å². The number of hydrazone groups is 2. The van der Waals surface area contributed by atoms with E-state index in [0.29, 0.717) is 11.1 Å². The van der Waals surface area contributed by atoms with Crippen molar-refractivity contribution in [2.75, 3.05) is 0 Å². The monoisotopic (exact) mass is 246 g/mol. The number of nitrogens with zero attached hydrogens (tertiary/aromatic N) is 2. The van der Waals surface area contributed by atoms with Crippen LogP contribution in [0.3, 0.4) is 0 Å². The summed E-state index contributed by atoms with van der Waals surface area (Å²) in [5.74, 6) is -0.747. The van der Waals surface area contributed by atoms with Crippen molar-refractivity contribution in [2.24, 2.45) is 10.2 Å². The average Bonchev–Trinajstić information content (AvgIpc) is 2.42. The van der Waals surface area contributed by atoms with Gasteiger partial charge in [0.1, 0.15) is 0 Å². The van der Waals surface area contributed by atoms with E-state index < -0.39 is 0 Å². The van der Waals surface area contributed by atoms with Crippen molar-refractivity contribution in [3.8, 4) is 0 Å². The van der Waals surface area contributed by atoms with Gasteiger partial charge in [0.05, 0.1) is 0 Å². The highest BCUT2D eigenvalue weighted by molar-refractivity contribution is 5.99. The zero-order chi connectivity index (χ0) is 13.4. The second kappa shape index (κ2) is 6.95. The molecule has 0 aliphatic heterocycles. The van der Waals surface area contributed by atoms with Crippen LogP contribution in [0.25, 0.3) is 0 Å². The molecule has 0 fully saturated rings. The van der Waals surface area contributed by atoms with Gasteiger partial charge in [0, 0.05) is 23.6 Å². The quantitative estimate of drug-likeness (QED) is 0.617. The number of nitrogens with one attached hydrogen (secondary N) is 2. The smallest absolute Gasteiger partial charge is 0.267 e. The first-order valence-electron chi connectivity index (χ1n) is 5.35. The maximum absolute atomic E-state index is 11.6. The van der Waals surface area contributed by atoms with Crippen molar-refractivity contribution in [3.63, 3.8) is 0 Å². The molecule has 0 saturated carbocycles. The summed E-state index contributed by atoms with van der Waals surface area (Å²) >= 11 is 0. The predicted octanol–water partition coefficient (Wildman–Crippen LogP) is 1.16. The van der Waals surface area contributed by atoms with Crippen molar-refractivity contribution >= 4 is 24.2 Å². The molecule has 6 nitrogen and oxygen atoms in total. The van der Waals surface area contributed by atoms with Crippen LogP contribution in [0.1, 0.15) is 34.6 Å². The second-order valence-corrected chi connectivity index (χ2v) is 3.24. The van der Waals surface area contributed by atoms with E-state index in [4.69, 9.17) is 0 Å². The summed E-state index contributed by atoms with van der Waals surface area (Å²) in [5, 5.41) is 7.25. The molecule has 1 aromatic rings. The summed E-state index contributed by atoms with van der Waals surface area (Å²) in [4.78, 5) is 23.2. The molecule has 0 aliphatic rings. The van der Waals surface area contributed by atoms with Crippen LogP contribution in [0.4, 0.5) is 0 Å². The van der Waals surface area contributed by atoms with E-state index in [1.54, 1.807) is 32.0 Å². The molecule has 1 rings (SSSR count). The molecule has 2 amide bonds. The van der Waals surface area contributed by atoms with E-state index in [2.05, 4.69) is 21.1 Å². The Morgan fingerprint density at radius 2 is 1.44 bits per heavy atom. The van der Waals surface area contributed by atoms with Gasteiger partial charge in [-0.15, -0.1) is 0 Å². The lowest BCUT2D eigenvalue weighted by Gasteiger charge is -2.03. The Kier molecular flexibility index (Phi) is 5.24. The normalized spacial score (nSPS) is 10.8. The van der Waals surface area contributed by atoms with Gasteiger partial charge in [-0.25, -0.2) is 10.9 Å². The molecule has 1 aromatic carbocycles. The molecular weight excluding hydrogens is 232 g/mol. The van der Waals surface area contributed by atoms with Gasteiger partial charge in [-0.1, -0.05) is 6.07 Å². The highest BCUT2D eigenvalue weighted by Crippen LogP contribution is 2.05. The molecule has 0 aromatic heterocycles. The summed E-state index contributed by atoms with van der Waals surface area (Å²) in [5.41, 5.74) is 5.36. The molecule has 6 heteroatoms. The van der Waals surface area contributed by atoms with Crippen molar-refractivity contribution < 1.29 is 9.59 Å². The standard InChI is InChI=1S/C12H14N4O2/c1-3-13-15-11(17)9-6-5-7-10(8-9)12(18)16-14-4-2/h3-8H,1-2H3,(H,15,17)(H,16,18)/b13-3+,14-4+. The van der Waals surface area contributed by atoms with Gasteiger partial charge < -0.3 is 0 Å². The predicted molar refractivity (Wildman–Crippen MR) is 69.7 cm³/mol. The molecule has 0 aliphatic carbocycles. The van der Waals surface area contributed by atoms with Crippen molar-refractivity contribution in [3.05, 3.63) is 35.4 Å². The molecule has 0 spiro atoms. The fourth-order valence-corrected chi connectivity index (χ4v) is 1.18. The summed E-state index contributed by atoms with van der Waals surface area (Å²) in [6.07, 6.45) is 2.93. The largest absolute Gasteiger partial charge is 0.271 e. The van der Waals surface area contributed by atoms with Crippen LogP contribution < -0.4 is 10.9 Å². The Morgan fingerprint density at radius 3 is 1.83 bits per heavy atom. The van der Waals surface area contributed by atoms with Crippen molar-refractivity contribution in [1.29, 1.82) is 0 Å². The van der Waals surface area contributed by atoms with E-state index in [-0.39, 0.29) is 11.8 Å². The van der Waals surface area contributed by atoms with Gasteiger partial charge in [-0.2, -0.15) is 10.2 Å². The molecule has 94 valence electrons. The number of rotatable bonds is 4. The van der Waals surface area contributed by atoms with Gasteiger partial charge >= 0.3 is 0 Å². The minimum Gasteiger partial charge on any atom is -0.267 e.